The molecule has 1 amide bonds. The molecule has 0 aromatic heterocycles. The molecule has 0 aliphatic carbocycles. The number of nitrogens with one attached hydrogen (secondary N) is 1. The molecule has 2 atom stereocenters. The standard InChI is InChI=1S/C12H22N2O2/c1-13-8-11-5-2-6-14(11)12(15)10-4-3-7-16-9-10/h10-11,13H,2-9H2,1H3. The van der Waals surface area contributed by atoms with E-state index in [4.69, 9.17) is 4.74 Å². The lowest BCUT2D eigenvalue weighted by Crippen LogP contribution is -2.45. The summed E-state index contributed by atoms with van der Waals surface area (Å²) >= 11 is 0. The van der Waals surface area contributed by atoms with Crippen molar-refractivity contribution in [3.63, 3.8) is 0 Å². The van der Waals surface area contributed by atoms with Gasteiger partial charge < -0.3 is 15.0 Å². The smallest absolute Gasteiger partial charge is 0.228 e. The van der Waals surface area contributed by atoms with E-state index in [2.05, 4.69) is 10.2 Å². The molecule has 2 unspecified atom stereocenters. The fourth-order valence-electron chi connectivity index (χ4n) is 2.74. The molecule has 0 aromatic rings. The molecular formula is C12H22N2O2. The summed E-state index contributed by atoms with van der Waals surface area (Å²) in [6.07, 6.45) is 4.31. The Morgan fingerprint density at radius 2 is 2.31 bits per heavy atom. The first-order chi connectivity index (χ1) is 7.83. The highest BCUT2D eigenvalue weighted by molar-refractivity contribution is 5.79. The Hall–Kier alpha value is -0.610. The largest absolute Gasteiger partial charge is 0.381 e. The van der Waals surface area contributed by atoms with Crippen molar-refractivity contribution < 1.29 is 9.53 Å². The van der Waals surface area contributed by atoms with Gasteiger partial charge in [0.15, 0.2) is 0 Å². The SMILES string of the molecule is CNCC1CCCN1C(=O)C1CCCOC1. The van der Waals surface area contributed by atoms with Crippen LogP contribution >= 0.6 is 0 Å². The van der Waals surface area contributed by atoms with Crippen LogP contribution in [0.5, 0.6) is 0 Å². The maximum Gasteiger partial charge on any atom is 0.228 e. The maximum absolute atomic E-state index is 12.3. The maximum atomic E-state index is 12.3. The van der Waals surface area contributed by atoms with Crippen LogP contribution in [-0.4, -0.2) is 50.2 Å². The molecular weight excluding hydrogens is 204 g/mol. The van der Waals surface area contributed by atoms with Crippen LogP contribution in [0.1, 0.15) is 25.7 Å². The molecule has 16 heavy (non-hydrogen) atoms. The highest BCUT2D eigenvalue weighted by Crippen LogP contribution is 2.23. The normalized spacial score (nSPS) is 30.7. The lowest BCUT2D eigenvalue weighted by Gasteiger charge is -2.30. The number of carbonyl (C=O) groups is 1. The average Bonchev–Trinajstić information content (AvgIpc) is 2.78. The number of carbonyl (C=O) groups excluding carboxylic acids is 1. The van der Waals surface area contributed by atoms with Crippen molar-refractivity contribution in [1.82, 2.24) is 10.2 Å². The molecule has 2 rings (SSSR count). The highest BCUT2D eigenvalue weighted by atomic mass is 16.5. The Bertz CT molecular complexity index is 239. The highest BCUT2D eigenvalue weighted by Gasteiger charge is 2.33. The van der Waals surface area contributed by atoms with Gasteiger partial charge in [0.2, 0.25) is 5.91 Å². The second-order valence-corrected chi connectivity index (χ2v) is 4.80. The van der Waals surface area contributed by atoms with Gasteiger partial charge in [0.1, 0.15) is 0 Å². The quantitative estimate of drug-likeness (QED) is 0.767. The van der Waals surface area contributed by atoms with Gasteiger partial charge in [-0.15, -0.1) is 0 Å². The number of amides is 1. The van der Waals surface area contributed by atoms with Crippen molar-refractivity contribution in [3.05, 3.63) is 0 Å². The summed E-state index contributed by atoms with van der Waals surface area (Å²) in [6, 6.07) is 0.402. The van der Waals surface area contributed by atoms with Gasteiger partial charge in [-0.2, -0.15) is 0 Å². The van der Waals surface area contributed by atoms with Crippen LogP contribution in [0.15, 0.2) is 0 Å². The van der Waals surface area contributed by atoms with E-state index in [1.807, 2.05) is 7.05 Å². The average molecular weight is 226 g/mol. The monoisotopic (exact) mass is 226 g/mol. The number of ether oxygens (including phenoxy) is 1. The third-order valence-electron chi connectivity index (χ3n) is 3.61. The van der Waals surface area contributed by atoms with E-state index in [0.29, 0.717) is 18.6 Å². The first-order valence-corrected chi connectivity index (χ1v) is 6.35. The predicted molar refractivity (Wildman–Crippen MR) is 62.2 cm³/mol. The molecule has 2 heterocycles. The van der Waals surface area contributed by atoms with Crippen molar-refractivity contribution in [2.45, 2.75) is 31.7 Å². The summed E-state index contributed by atoms with van der Waals surface area (Å²) in [7, 11) is 1.95. The number of hydrogen-bond acceptors (Lipinski definition) is 3. The molecule has 0 bridgehead atoms. The zero-order valence-corrected chi connectivity index (χ0v) is 10.1. The van der Waals surface area contributed by atoms with Crippen molar-refractivity contribution in [2.75, 3.05) is 33.4 Å². The van der Waals surface area contributed by atoms with E-state index in [0.717, 1.165) is 45.4 Å². The number of likely N-dealkylation sites (N-methyl/N-ethyl adjacent to an activating group) is 1. The van der Waals surface area contributed by atoms with Gasteiger partial charge in [0, 0.05) is 25.7 Å². The third-order valence-corrected chi connectivity index (χ3v) is 3.61. The first kappa shape index (κ1) is 11.9. The molecule has 0 spiro atoms. The van der Waals surface area contributed by atoms with E-state index in [1.165, 1.54) is 0 Å². The molecule has 4 heteroatoms. The van der Waals surface area contributed by atoms with Crippen molar-refractivity contribution in [2.24, 2.45) is 5.92 Å². The summed E-state index contributed by atoms with van der Waals surface area (Å²) < 4.78 is 5.39. The van der Waals surface area contributed by atoms with Gasteiger partial charge in [0.25, 0.3) is 0 Å². The molecule has 4 nitrogen and oxygen atoms in total. The lowest BCUT2D eigenvalue weighted by molar-refractivity contribution is -0.140. The zero-order valence-electron chi connectivity index (χ0n) is 10.1. The number of hydrogen-bond donors (Lipinski definition) is 1. The van der Waals surface area contributed by atoms with Crippen LogP contribution in [0.3, 0.4) is 0 Å². The van der Waals surface area contributed by atoms with Gasteiger partial charge in [-0.05, 0) is 32.7 Å². The summed E-state index contributed by atoms with van der Waals surface area (Å²) in [4.78, 5) is 14.4. The van der Waals surface area contributed by atoms with E-state index in [9.17, 15) is 4.79 Å². The predicted octanol–water partition coefficient (Wildman–Crippen LogP) is 0.623. The summed E-state index contributed by atoms with van der Waals surface area (Å²) in [5.74, 6) is 0.434. The molecule has 2 aliphatic rings. The Kier molecular flexibility index (Phi) is 4.18. The van der Waals surface area contributed by atoms with Crippen LogP contribution < -0.4 is 5.32 Å². The fraction of sp³-hybridized carbons (Fsp3) is 0.917. The minimum Gasteiger partial charge on any atom is -0.381 e. The number of likely N-dealkylation sites (tertiary alicyclic amines) is 1. The van der Waals surface area contributed by atoms with Crippen molar-refractivity contribution in [1.29, 1.82) is 0 Å². The molecule has 1 N–H and O–H groups in total. The van der Waals surface area contributed by atoms with E-state index in [-0.39, 0.29) is 5.92 Å². The Morgan fingerprint density at radius 1 is 1.44 bits per heavy atom. The Labute approximate surface area is 97.3 Å². The van der Waals surface area contributed by atoms with Crippen molar-refractivity contribution >= 4 is 5.91 Å². The summed E-state index contributed by atoms with van der Waals surface area (Å²) in [5, 5.41) is 3.17. The lowest BCUT2D eigenvalue weighted by atomic mass is 10.0. The van der Waals surface area contributed by atoms with E-state index in [1.54, 1.807) is 0 Å². The fourth-order valence-corrected chi connectivity index (χ4v) is 2.74. The second kappa shape index (κ2) is 5.64. The zero-order chi connectivity index (χ0) is 11.4. The molecule has 92 valence electrons. The third kappa shape index (κ3) is 2.55. The van der Waals surface area contributed by atoms with Crippen LogP contribution in [0.4, 0.5) is 0 Å². The van der Waals surface area contributed by atoms with Crippen LogP contribution in [0, 0.1) is 5.92 Å². The van der Waals surface area contributed by atoms with Crippen LogP contribution in [0.2, 0.25) is 0 Å². The van der Waals surface area contributed by atoms with E-state index >= 15 is 0 Å². The first-order valence-electron chi connectivity index (χ1n) is 6.35. The topological polar surface area (TPSA) is 41.6 Å². The van der Waals surface area contributed by atoms with Gasteiger partial charge in [-0.3, -0.25) is 4.79 Å². The Morgan fingerprint density at radius 3 is 3.00 bits per heavy atom. The van der Waals surface area contributed by atoms with Gasteiger partial charge in [-0.25, -0.2) is 0 Å². The van der Waals surface area contributed by atoms with Crippen molar-refractivity contribution in [3.8, 4) is 0 Å². The van der Waals surface area contributed by atoms with E-state index < -0.39 is 0 Å². The van der Waals surface area contributed by atoms with Gasteiger partial charge in [0.05, 0.1) is 12.5 Å². The second-order valence-electron chi connectivity index (χ2n) is 4.80. The Balaban J connectivity index is 1.91. The summed E-state index contributed by atoms with van der Waals surface area (Å²) in [6.45, 7) is 3.30. The minimum atomic E-state index is 0.117. The number of rotatable bonds is 3. The molecule has 0 aromatic carbocycles. The minimum absolute atomic E-state index is 0.117. The molecule has 0 radical (unpaired) electrons. The number of nitrogens with zero attached hydrogens (tertiary/aromatic N) is 1. The molecule has 2 fully saturated rings. The molecule has 2 aliphatic heterocycles. The summed E-state index contributed by atoms with van der Waals surface area (Å²) in [5.41, 5.74) is 0. The molecule has 2 saturated heterocycles. The van der Waals surface area contributed by atoms with Crippen LogP contribution in [-0.2, 0) is 9.53 Å². The van der Waals surface area contributed by atoms with Crippen LogP contribution in [0.25, 0.3) is 0 Å². The van der Waals surface area contributed by atoms with Gasteiger partial charge in [-0.1, -0.05) is 0 Å². The molecule has 0 saturated carbocycles. The van der Waals surface area contributed by atoms with Gasteiger partial charge >= 0.3 is 0 Å².